The molecule has 0 aliphatic carbocycles. The maximum Gasteiger partial charge on any atom is 0.0878 e. The Morgan fingerprint density at radius 2 is 2.20 bits per heavy atom. The largest absolute Gasteiger partial charge is 0.258 e. The van der Waals surface area contributed by atoms with E-state index in [1.165, 1.54) is 0 Å². The minimum Gasteiger partial charge on any atom is -0.258 e. The molecule has 0 N–H and O–H groups in total. The first-order valence-electron chi connectivity index (χ1n) is 3.20. The molecule has 0 bridgehead atoms. The number of aliphatic imine (C=N–C) groups is 2. The predicted octanol–water partition coefficient (Wildman–Crippen LogP) is 1.79. The molecule has 0 aromatic carbocycles. The summed E-state index contributed by atoms with van der Waals surface area (Å²) >= 11 is 0. The fourth-order valence-electron chi connectivity index (χ4n) is 0.611. The zero-order valence-electron chi connectivity index (χ0n) is 6.20. The summed E-state index contributed by atoms with van der Waals surface area (Å²) in [5.74, 6) is 2.64. The van der Waals surface area contributed by atoms with E-state index in [-0.39, 0.29) is 5.41 Å². The Bertz CT molecular complexity index is 208. The van der Waals surface area contributed by atoms with Crippen LogP contribution in [0.1, 0.15) is 13.8 Å². The Hall–Kier alpha value is -1.14. The summed E-state index contributed by atoms with van der Waals surface area (Å²) in [6.07, 6.45) is 7.15. The van der Waals surface area contributed by atoms with Crippen molar-refractivity contribution in [1.82, 2.24) is 0 Å². The molecule has 0 aromatic rings. The second-order valence-corrected chi connectivity index (χ2v) is 2.80. The third kappa shape index (κ3) is 2.00. The van der Waals surface area contributed by atoms with Crippen LogP contribution in [0.15, 0.2) is 28.5 Å². The summed E-state index contributed by atoms with van der Waals surface area (Å²) in [7, 11) is 0. The van der Waals surface area contributed by atoms with Gasteiger partial charge in [-0.2, -0.15) is 0 Å². The van der Waals surface area contributed by atoms with Crippen LogP contribution in [0.4, 0.5) is 0 Å². The smallest absolute Gasteiger partial charge is 0.0878 e. The van der Waals surface area contributed by atoms with E-state index >= 15 is 0 Å². The highest BCUT2D eigenvalue weighted by atomic mass is 14.7. The van der Waals surface area contributed by atoms with Crippen LogP contribution in [-0.2, 0) is 0 Å². The molecule has 52 valence electrons. The van der Waals surface area contributed by atoms with Crippen molar-refractivity contribution in [2.45, 2.75) is 13.8 Å². The summed E-state index contributed by atoms with van der Waals surface area (Å²) < 4.78 is 0. The fraction of sp³-hybridized carbons (Fsp3) is 0.375. The van der Waals surface area contributed by atoms with Crippen LogP contribution in [0.25, 0.3) is 0 Å². The minimum absolute atomic E-state index is 0.0160. The molecular formula is C8H10N2. The molecule has 1 rings (SSSR count). The van der Waals surface area contributed by atoms with Crippen LogP contribution in [0.3, 0.4) is 0 Å². The molecule has 2 heteroatoms. The molecule has 2 nitrogen and oxygen atoms in total. The Kier molecular flexibility index (Phi) is 1.83. The monoisotopic (exact) mass is 134 g/mol. The first-order chi connectivity index (χ1) is 4.71. The van der Waals surface area contributed by atoms with Gasteiger partial charge in [0.2, 0.25) is 0 Å². The third-order valence-electron chi connectivity index (χ3n) is 1.19. The van der Waals surface area contributed by atoms with E-state index in [2.05, 4.69) is 29.7 Å². The number of rotatable bonds is 0. The summed E-state index contributed by atoms with van der Waals surface area (Å²) in [6.45, 7) is 4.14. The van der Waals surface area contributed by atoms with Crippen molar-refractivity contribution in [1.29, 1.82) is 0 Å². The maximum absolute atomic E-state index is 3.98. The highest BCUT2D eigenvalue weighted by Gasteiger charge is 2.08. The molecule has 0 aromatic heterocycles. The fourth-order valence-corrected chi connectivity index (χ4v) is 0.611. The van der Waals surface area contributed by atoms with Gasteiger partial charge < -0.3 is 0 Å². The lowest BCUT2D eigenvalue weighted by atomic mass is 9.95. The van der Waals surface area contributed by atoms with E-state index in [0.717, 1.165) is 0 Å². The van der Waals surface area contributed by atoms with Crippen molar-refractivity contribution >= 4 is 12.1 Å². The first-order valence-corrected chi connectivity index (χ1v) is 3.20. The molecule has 1 heterocycles. The zero-order chi connectivity index (χ0) is 7.45. The van der Waals surface area contributed by atoms with Crippen molar-refractivity contribution in [3.8, 4) is 0 Å². The van der Waals surface area contributed by atoms with Gasteiger partial charge in [-0.3, -0.25) is 4.99 Å². The van der Waals surface area contributed by atoms with E-state index in [9.17, 15) is 0 Å². The van der Waals surface area contributed by atoms with Crippen LogP contribution < -0.4 is 0 Å². The highest BCUT2D eigenvalue weighted by molar-refractivity contribution is 5.70. The number of nitrogens with zero attached hydrogens (tertiary/aromatic N) is 2. The molecule has 1 aliphatic heterocycles. The summed E-state index contributed by atoms with van der Waals surface area (Å²) in [6, 6.07) is 0. The van der Waals surface area contributed by atoms with Crippen LogP contribution >= 0.6 is 0 Å². The third-order valence-corrected chi connectivity index (χ3v) is 1.19. The van der Waals surface area contributed by atoms with E-state index in [4.69, 9.17) is 0 Å². The molecule has 0 fully saturated rings. The van der Waals surface area contributed by atoms with Gasteiger partial charge in [-0.05, 0) is 0 Å². The van der Waals surface area contributed by atoms with Gasteiger partial charge >= 0.3 is 0 Å². The van der Waals surface area contributed by atoms with Gasteiger partial charge in [-0.25, -0.2) is 4.99 Å². The summed E-state index contributed by atoms with van der Waals surface area (Å²) in [4.78, 5) is 7.80. The van der Waals surface area contributed by atoms with E-state index in [1.807, 2.05) is 12.3 Å². The van der Waals surface area contributed by atoms with Gasteiger partial charge in [0.05, 0.1) is 6.20 Å². The normalized spacial score (nSPS) is 27.0. The van der Waals surface area contributed by atoms with Crippen LogP contribution in [0.5, 0.6) is 0 Å². The lowest BCUT2D eigenvalue weighted by Gasteiger charge is -2.11. The molecule has 1 aliphatic rings. The van der Waals surface area contributed by atoms with Crippen molar-refractivity contribution in [3.63, 3.8) is 0 Å². The SMILES string of the molecule is CC1(C)/C=C\N=C=C/N=C\1. The molecule has 0 amide bonds. The Balaban J connectivity index is 2.90. The maximum atomic E-state index is 3.98. The lowest BCUT2D eigenvalue weighted by Crippen LogP contribution is -2.08. The standard InChI is InChI=1S/C8H10N2/c1-8(2)3-4-9-5-6-10-7-8/h3-4,6-7H,1-2H3/b4-3-,10-7-. The highest BCUT2D eigenvalue weighted by Crippen LogP contribution is 2.13. The quantitative estimate of drug-likeness (QED) is 0.482. The van der Waals surface area contributed by atoms with Gasteiger partial charge in [0, 0.05) is 23.7 Å². The van der Waals surface area contributed by atoms with E-state index in [1.54, 1.807) is 12.4 Å². The molecule has 0 atom stereocenters. The molecule has 0 saturated heterocycles. The Morgan fingerprint density at radius 3 is 3.00 bits per heavy atom. The van der Waals surface area contributed by atoms with Crippen molar-refractivity contribution in [3.05, 3.63) is 18.5 Å². The molecule has 0 saturated carbocycles. The van der Waals surface area contributed by atoms with E-state index in [0.29, 0.717) is 0 Å². The Morgan fingerprint density at radius 1 is 1.40 bits per heavy atom. The predicted molar refractivity (Wildman–Crippen MR) is 43.4 cm³/mol. The van der Waals surface area contributed by atoms with Crippen molar-refractivity contribution in [2.75, 3.05) is 0 Å². The first kappa shape index (κ1) is 6.97. The van der Waals surface area contributed by atoms with Crippen LogP contribution in [0.2, 0.25) is 0 Å². The lowest BCUT2D eigenvalue weighted by molar-refractivity contribution is 0.692. The van der Waals surface area contributed by atoms with Gasteiger partial charge in [0.15, 0.2) is 0 Å². The molecule has 0 radical (unpaired) electrons. The number of allylic oxidation sites excluding steroid dienone is 1. The summed E-state index contributed by atoms with van der Waals surface area (Å²) in [5, 5.41) is 0. The summed E-state index contributed by atoms with van der Waals surface area (Å²) in [5.41, 5.74) is 0.0160. The number of hydrogen-bond acceptors (Lipinski definition) is 2. The molecule has 0 unspecified atom stereocenters. The van der Waals surface area contributed by atoms with Crippen molar-refractivity contribution < 1.29 is 0 Å². The van der Waals surface area contributed by atoms with Gasteiger partial charge in [0.1, 0.15) is 0 Å². The number of hydrogen-bond donors (Lipinski definition) is 0. The minimum atomic E-state index is 0.0160. The second kappa shape index (κ2) is 2.63. The zero-order valence-corrected chi connectivity index (χ0v) is 6.20. The molecule has 10 heavy (non-hydrogen) atoms. The molecular weight excluding hydrogens is 124 g/mol. The van der Waals surface area contributed by atoms with E-state index < -0.39 is 0 Å². The average Bonchev–Trinajstić information content (AvgIpc) is 1.81. The van der Waals surface area contributed by atoms with Crippen molar-refractivity contribution in [2.24, 2.45) is 15.4 Å². The van der Waals surface area contributed by atoms with Crippen LogP contribution in [-0.4, -0.2) is 12.1 Å². The van der Waals surface area contributed by atoms with Gasteiger partial charge in [-0.15, -0.1) is 0 Å². The Labute approximate surface area is 60.7 Å². The topological polar surface area (TPSA) is 24.7 Å². The molecule has 0 spiro atoms. The van der Waals surface area contributed by atoms with Gasteiger partial charge in [-0.1, -0.05) is 19.9 Å². The average molecular weight is 134 g/mol. The second-order valence-electron chi connectivity index (χ2n) is 2.80. The van der Waals surface area contributed by atoms with Gasteiger partial charge in [0.25, 0.3) is 0 Å². The van der Waals surface area contributed by atoms with Crippen LogP contribution in [0, 0.1) is 5.41 Å².